The molecule has 1 aromatic carbocycles. The highest BCUT2D eigenvalue weighted by molar-refractivity contribution is 6.37. The second-order valence-electron chi connectivity index (χ2n) is 3.58. The third kappa shape index (κ3) is 3.75. The van der Waals surface area contributed by atoms with Crippen molar-refractivity contribution in [2.75, 3.05) is 5.32 Å². The summed E-state index contributed by atoms with van der Waals surface area (Å²) in [6.45, 7) is -2.55. The summed E-state index contributed by atoms with van der Waals surface area (Å²) >= 11 is 11.7. The van der Waals surface area contributed by atoms with Crippen molar-refractivity contribution in [1.29, 1.82) is 0 Å². The van der Waals surface area contributed by atoms with Crippen LogP contribution in [0.15, 0.2) is 34.9 Å². The first kappa shape index (κ1) is 14.0. The molecular weight excluding hydrogens is 299 g/mol. The lowest BCUT2D eigenvalue weighted by Crippen LogP contribution is -2.04. The maximum Gasteiger partial charge on any atom is 0.387 e. The Hall–Kier alpha value is -1.46. The first-order valence-corrected chi connectivity index (χ1v) is 6.02. The molecule has 0 fully saturated rings. The maximum absolute atomic E-state index is 12.1. The van der Waals surface area contributed by atoms with Gasteiger partial charge in [0.15, 0.2) is 5.75 Å². The summed E-state index contributed by atoms with van der Waals surface area (Å²) in [6, 6.07) is 6.46. The summed E-state index contributed by atoms with van der Waals surface area (Å²) in [7, 11) is 0. The highest BCUT2D eigenvalue weighted by Crippen LogP contribution is 2.37. The van der Waals surface area contributed by atoms with Crippen molar-refractivity contribution in [2.24, 2.45) is 0 Å². The molecule has 0 atom stereocenters. The normalized spacial score (nSPS) is 10.8. The Morgan fingerprint density at radius 1 is 1.26 bits per heavy atom. The van der Waals surface area contributed by atoms with E-state index in [0.717, 1.165) is 5.76 Å². The fourth-order valence-electron chi connectivity index (χ4n) is 1.47. The van der Waals surface area contributed by atoms with Crippen LogP contribution >= 0.6 is 23.2 Å². The molecule has 7 heteroatoms. The molecule has 0 unspecified atom stereocenters. The van der Waals surface area contributed by atoms with Crippen molar-refractivity contribution >= 4 is 28.9 Å². The fourth-order valence-corrected chi connectivity index (χ4v) is 2.04. The molecule has 0 saturated heterocycles. The second-order valence-corrected chi connectivity index (χ2v) is 4.39. The van der Waals surface area contributed by atoms with Gasteiger partial charge in [-0.3, -0.25) is 0 Å². The predicted molar refractivity (Wildman–Crippen MR) is 69.1 cm³/mol. The molecule has 2 aromatic rings. The number of alkyl halides is 2. The summed E-state index contributed by atoms with van der Waals surface area (Å²) < 4.78 is 33.7. The van der Waals surface area contributed by atoms with E-state index in [1.165, 1.54) is 12.1 Å². The van der Waals surface area contributed by atoms with Crippen LogP contribution in [0.1, 0.15) is 5.76 Å². The van der Waals surface area contributed by atoms with E-state index in [2.05, 4.69) is 10.1 Å². The van der Waals surface area contributed by atoms with Gasteiger partial charge in [0.25, 0.3) is 0 Å². The van der Waals surface area contributed by atoms with E-state index in [-0.39, 0.29) is 15.8 Å². The number of nitrogens with one attached hydrogen (secondary N) is 1. The molecule has 0 aliphatic rings. The predicted octanol–water partition coefficient (Wildman–Crippen LogP) is 4.80. The van der Waals surface area contributed by atoms with Gasteiger partial charge >= 0.3 is 6.61 Å². The molecule has 3 nitrogen and oxygen atoms in total. The van der Waals surface area contributed by atoms with E-state index in [9.17, 15) is 8.78 Å². The van der Waals surface area contributed by atoms with E-state index >= 15 is 0 Å². The Morgan fingerprint density at radius 3 is 2.47 bits per heavy atom. The number of hydrogen-bond acceptors (Lipinski definition) is 3. The van der Waals surface area contributed by atoms with Gasteiger partial charge < -0.3 is 14.5 Å². The molecule has 2 rings (SSSR count). The number of hydrogen-bond donors (Lipinski definition) is 1. The molecule has 0 saturated carbocycles. The quantitative estimate of drug-likeness (QED) is 0.861. The molecule has 1 N–H and O–H groups in total. The number of rotatable bonds is 5. The molecule has 1 heterocycles. The number of ether oxygens (including phenoxy) is 1. The number of anilines is 1. The molecule has 19 heavy (non-hydrogen) atoms. The molecule has 0 aliphatic heterocycles. The number of halogens is 4. The molecular formula is C12H9Cl2F2NO2. The topological polar surface area (TPSA) is 34.4 Å². The van der Waals surface area contributed by atoms with Gasteiger partial charge in [0.2, 0.25) is 0 Å². The number of furan rings is 1. The van der Waals surface area contributed by atoms with E-state index < -0.39 is 6.61 Å². The standard InChI is InChI=1S/C12H9Cl2F2NO2/c13-9-4-7(17-6-8-2-1-3-18-8)5-10(14)11(9)19-12(15)16/h1-5,12,17H,6H2. The zero-order chi connectivity index (χ0) is 13.8. The molecule has 102 valence electrons. The van der Waals surface area contributed by atoms with Crippen molar-refractivity contribution in [1.82, 2.24) is 0 Å². The summed E-state index contributed by atoms with van der Waals surface area (Å²) in [4.78, 5) is 0. The van der Waals surface area contributed by atoms with Crippen LogP contribution < -0.4 is 10.1 Å². The van der Waals surface area contributed by atoms with Crippen LogP contribution in [0.5, 0.6) is 5.75 Å². The first-order valence-electron chi connectivity index (χ1n) is 5.26. The Labute approximate surface area is 118 Å². The first-order chi connectivity index (χ1) is 9.06. The average molecular weight is 308 g/mol. The molecule has 0 aliphatic carbocycles. The van der Waals surface area contributed by atoms with Gasteiger partial charge in [-0.25, -0.2) is 0 Å². The molecule has 0 spiro atoms. The Morgan fingerprint density at radius 2 is 1.95 bits per heavy atom. The Kier molecular flexibility index (Phi) is 4.50. The number of benzene rings is 1. The van der Waals surface area contributed by atoms with Gasteiger partial charge in [-0.05, 0) is 24.3 Å². The van der Waals surface area contributed by atoms with Gasteiger partial charge in [0.05, 0.1) is 22.9 Å². The van der Waals surface area contributed by atoms with Gasteiger partial charge in [-0.1, -0.05) is 23.2 Å². The van der Waals surface area contributed by atoms with Crippen molar-refractivity contribution in [3.63, 3.8) is 0 Å². The lowest BCUT2D eigenvalue weighted by molar-refractivity contribution is -0.0497. The monoisotopic (exact) mass is 307 g/mol. The zero-order valence-electron chi connectivity index (χ0n) is 9.50. The molecule has 0 bridgehead atoms. The average Bonchev–Trinajstić information content (AvgIpc) is 2.84. The summed E-state index contributed by atoms with van der Waals surface area (Å²) in [5.41, 5.74) is 0.577. The fraction of sp³-hybridized carbons (Fsp3) is 0.167. The van der Waals surface area contributed by atoms with Crippen molar-refractivity contribution in [2.45, 2.75) is 13.2 Å². The van der Waals surface area contributed by atoms with Crippen LogP contribution in [0.4, 0.5) is 14.5 Å². The SMILES string of the molecule is FC(F)Oc1c(Cl)cc(NCc2ccco2)cc1Cl. The molecule has 0 amide bonds. The van der Waals surface area contributed by atoms with Crippen LogP contribution in [0.2, 0.25) is 10.0 Å². The van der Waals surface area contributed by atoms with Crippen molar-refractivity contribution < 1.29 is 17.9 Å². The maximum atomic E-state index is 12.1. The van der Waals surface area contributed by atoms with Crippen molar-refractivity contribution in [3.05, 3.63) is 46.3 Å². The van der Waals surface area contributed by atoms with Crippen LogP contribution in [0, 0.1) is 0 Å². The van der Waals surface area contributed by atoms with E-state index in [0.29, 0.717) is 12.2 Å². The lowest BCUT2D eigenvalue weighted by Gasteiger charge is -2.11. The third-order valence-corrected chi connectivity index (χ3v) is 2.81. The second kappa shape index (κ2) is 6.12. The van der Waals surface area contributed by atoms with Gasteiger partial charge in [-0.2, -0.15) is 8.78 Å². The van der Waals surface area contributed by atoms with E-state index in [1.807, 2.05) is 0 Å². The summed E-state index contributed by atoms with van der Waals surface area (Å²) in [5.74, 6) is 0.488. The summed E-state index contributed by atoms with van der Waals surface area (Å²) in [5, 5.41) is 3.02. The van der Waals surface area contributed by atoms with Gasteiger partial charge in [0.1, 0.15) is 5.76 Å². The van der Waals surface area contributed by atoms with E-state index in [4.69, 9.17) is 27.6 Å². The Bertz CT molecular complexity index is 524. The largest absolute Gasteiger partial charge is 0.467 e. The van der Waals surface area contributed by atoms with Crippen LogP contribution in [0.3, 0.4) is 0 Å². The van der Waals surface area contributed by atoms with Gasteiger partial charge in [-0.15, -0.1) is 0 Å². The smallest absolute Gasteiger partial charge is 0.387 e. The third-order valence-electron chi connectivity index (χ3n) is 2.25. The minimum Gasteiger partial charge on any atom is -0.467 e. The minimum atomic E-state index is -2.98. The minimum absolute atomic E-state index is 0.00902. The van der Waals surface area contributed by atoms with E-state index in [1.54, 1.807) is 18.4 Å². The highest BCUT2D eigenvalue weighted by atomic mass is 35.5. The highest BCUT2D eigenvalue weighted by Gasteiger charge is 2.14. The van der Waals surface area contributed by atoms with Crippen LogP contribution in [-0.2, 0) is 6.54 Å². The summed E-state index contributed by atoms with van der Waals surface area (Å²) in [6.07, 6.45) is 1.55. The lowest BCUT2D eigenvalue weighted by atomic mass is 10.3. The molecule has 1 aromatic heterocycles. The zero-order valence-corrected chi connectivity index (χ0v) is 11.0. The van der Waals surface area contributed by atoms with Gasteiger partial charge in [0, 0.05) is 5.69 Å². The van der Waals surface area contributed by atoms with Crippen LogP contribution in [0.25, 0.3) is 0 Å². The molecule has 0 radical (unpaired) electrons. The van der Waals surface area contributed by atoms with Crippen LogP contribution in [-0.4, -0.2) is 6.61 Å². The van der Waals surface area contributed by atoms with Crippen molar-refractivity contribution in [3.8, 4) is 5.75 Å². The Balaban J connectivity index is 2.10.